The first kappa shape index (κ1) is 25.6. The molecule has 192 valence electrons. The number of hydrogen-bond donors (Lipinski definition) is 1. The van der Waals surface area contributed by atoms with Gasteiger partial charge in [0.1, 0.15) is 10.8 Å². The van der Waals surface area contributed by atoms with Crippen molar-refractivity contribution in [2.45, 2.75) is 26.4 Å². The van der Waals surface area contributed by atoms with Crippen molar-refractivity contribution in [1.82, 2.24) is 9.97 Å². The van der Waals surface area contributed by atoms with Gasteiger partial charge in [0, 0.05) is 16.5 Å². The third-order valence-electron chi connectivity index (χ3n) is 5.78. The number of thiazole rings is 2. The highest BCUT2D eigenvalue weighted by molar-refractivity contribution is 7.21. The molecule has 2 heterocycles. The topological polar surface area (TPSA) is 90.4 Å². The molecule has 1 N–H and O–H groups in total. The molecule has 7 nitrogen and oxygen atoms in total. The molecule has 1 unspecified atom stereocenters. The number of nitrogens with zero attached hydrogens (tertiary/aromatic N) is 2. The fourth-order valence-corrected chi connectivity index (χ4v) is 5.62. The van der Waals surface area contributed by atoms with E-state index in [-0.39, 0.29) is 0 Å². The summed E-state index contributed by atoms with van der Waals surface area (Å²) in [6, 6.07) is 22.6. The highest BCUT2D eigenvalue weighted by Gasteiger charge is 2.25. The molecule has 9 heteroatoms. The highest BCUT2D eigenvalue weighted by atomic mass is 32.1. The number of fused-ring (bicyclic) bond motifs is 1. The van der Waals surface area contributed by atoms with Crippen LogP contribution in [0.1, 0.15) is 30.6 Å². The molecule has 0 aliphatic heterocycles. The minimum atomic E-state index is -0.969. The van der Waals surface area contributed by atoms with Crippen molar-refractivity contribution >= 4 is 49.9 Å². The summed E-state index contributed by atoms with van der Waals surface area (Å²) in [7, 11) is 0. The van der Waals surface area contributed by atoms with Gasteiger partial charge in [0.05, 0.1) is 28.1 Å². The Morgan fingerprint density at radius 2 is 1.71 bits per heavy atom. The molecule has 0 radical (unpaired) electrons. The summed E-state index contributed by atoms with van der Waals surface area (Å²) in [5, 5.41) is 5.82. The first-order chi connectivity index (χ1) is 18.6. The van der Waals surface area contributed by atoms with E-state index in [2.05, 4.69) is 15.3 Å². The van der Waals surface area contributed by atoms with Gasteiger partial charge in [-0.15, -0.1) is 22.7 Å². The van der Waals surface area contributed by atoms with E-state index in [4.69, 9.17) is 9.47 Å². The number of hydrogen-bond acceptors (Lipinski definition) is 8. The van der Waals surface area contributed by atoms with Crippen LogP contribution in [-0.2, 0) is 9.53 Å². The van der Waals surface area contributed by atoms with E-state index >= 15 is 0 Å². The summed E-state index contributed by atoms with van der Waals surface area (Å²) < 4.78 is 12.2. The molecule has 3 aromatic carbocycles. The molecule has 5 rings (SSSR count). The van der Waals surface area contributed by atoms with Gasteiger partial charge in [-0.25, -0.2) is 14.8 Å². The maximum absolute atomic E-state index is 13.2. The Kier molecular flexibility index (Phi) is 7.76. The highest BCUT2D eigenvalue weighted by Crippen LogP contribution is 2.33. The number of ether oxygens (including phenoxy) is 2. The third kappa shape index (κ3) is 5.58. The normalized spacial score (nSPS) is 11.7. The SMILES string of the molecule is CCOc1ccc(-c2csc(NC(=O)C(CC)OC(=O)c3ccccc3-c3nc4ccccc4s3)n2)cc1. The van der Waals surface area contributed by atoms with Crippen LogP contribution in [-0.4, -0.2) is 34.6 Å². The number of nitrogens with one attached hydrogen (secondary N) is 1. The van der Waals surface area contributed by atoms with E-state index < -0.39 is 18.0 Å². The Bertz CT molecular complexity index is 1540. The summed E-state index contributed by atoms with van der Waals surface area (Å²) in [6.07, 6.45) is -0.651. The number of esters is 1. The van der Waals surface area contributed by atoms with E-state index in [9.17, 15) is 9.59 Å². The minimum absolute atomic E-state index is 0.317. The lowest BCUT2D eigenvalue weighted by Crippen LogP contribution is -2.32. The fraction of sp³-hybridized carbons (Fsp3) is 0.172. The Hall–Kier alpha value is -4.08. The number of para-hydroxylation sites is 1. The van der Waals surface area contributed by atoms with Crippen molar-refractivity contribution in [3.63, 3.8) is 0 Å². The number of carbonyl (C=O) groups excluding carboxylic acids is 2. The zero-order valence-electron chi connectivity index (χ0n) is 20.8. The Morgan fingerprint density at radius 3 is 2.47 bits per heavy atom. The van der Waals surface area contributed by atoms with Crippen molar-refractivity contribution in [3.8, 4) is 27.6 Å². The van der Waals surface area contributed by atoms with Gasteiger partial charge in [-0.05, 0) is 55.8 Å². The van der Waals surface area contributed by atoms with Crippen molar-refractivity contribution in [3.05, 3.63) is 83.7 Å². The van der Waals surface area contributed by atoms with Gasteiger partial charge >= 0.3 is 5.97 Å². The average molecular weight is 544 g/mol. The van der Waals surface area contributed by atoms with Crippen LogP contribution in [0.15, 0.2) is 78.2 Å². The molecule has 2 aromatic heterocycles. The molecule has 0 saturated carbocycles. The fourth-order valence-electron chi connectivity index (χ4n) is 3.89. The lowest BCUT2D eigenvalue weighted by Gasteiger charge is -2.16. The quantitative estimate of drug-likeness (QED) is 0.200. The Balaban J connectivity index is 1.28. The van der Waals surface area contributed by atoms with E-state index in [1.807, 2.05) is 73.0 Å². The van der Waals surface area contributed by atoms with Gasteiger partial charge in [0.15, 0.2) is 11.2 Å². The van der Waals surface area contributed by atoms with E-state index in [1.54, 1.807) is 19.1 Å². The van der Waals surface area contributed by atoms with Crippen molar-refractivity contribution in [2.75, 3.05) is 11.9 Å². The molecule has 1 atom stereocenters. The van der Waals surface area contributed by atoms with Crippen LogP contribution in [0.5, 0.6) is 5.75 Å². The molecular weight excluding hydrogens is 518 g/mol. The lowest BCUT2D eigenvalue weighted by atomic mass is 10.1. The molecular formula is C29H25N3O4S2. The van der Waals surface area contributed by atoms with Crippen LogP contribution in [0.2, 0.25) is 0 Å². The summed E-state index contributed by atoms with van der Waals surface area (Å²) in [4.78, 5) is 35.4. The Morgan fingerprint density at radius 1 is 0.947 bits per heavy atom. The van der Waals surface area contributed by atoms with Gasteiger partial charge in [-0.2, -0.15) is 0 Å². The van der Waals surface area contributed by atoms with Crippen LogP contribution in [0.4, 0.5) is 5.13 Å². The third-order valence-corrected chi connectivity index (χ3v) is 7.61. The lowest BCUT2D eigenvalue weighted by molar-refractivity contribution is -0.124. The van der Waals surface area contributed by atoms with Gasteiger partial charge in [-0.1, -0.05) is 37.3 Å². The second-order valence-electron chi connectivity index (χ2n) is 8.32. The summed E-state index contributed by atoms with van der Waals surface area (Å²) in [5.74, 6) is -0.209. The maximum atomic E-state index is 13.2. The Labute approximate surface area is 228 Å². The number of benzene rings is 3. The standard InChI is InChI=1S/C29H25N3O4S2/c1-3-24(26(33)32-29-31-23(17-37-29)18-13-15-19(16-14-18)35-4-2)36-28(34)21-10-6-5-9-20(21)27-30-22-11-7-8-12-25(22)38-27/h5-17,24H,3-4H2,1-2H3,(H,31,32,33). The molecule has 0 bridgehead atoms. The molecule has 0 aliphatic carbocycles. The molecule has 38 heavy (non-hydrogen) atoms. The van der Waals surface area contributed by atoms with Crippen molar-refractivity contribution in [2.24, 2.45) is 0 Å². The second-order valence-corrected chi connectivity index (χ2v) is 10.2. The largest absolute Gasteiger partial charge is 0.494 e. The van der Waals surface area contributed by atoms with Gasteiger partial charge in [-0.3, -0.25) is 10.1 Å². The molecule has 0 saturated heterocycles. The molecule has 0 spiro atoms. The predicted octanol–water partition coefficient (Wildman–Crippen LogP) is 7.06. The first-order valence-electron chi connectivity index (χ1n) is 12.2. The van der Waals surface area contributed by atoms with Crippen LogP contribution in [0, 0.1) is 0 Å². The van der Waals surface area contributed by atoms with E-state index in [0.29, 0.717) is 29.3 Å². The summed E-state index contributed by atoms with van der Waals surface area (Å²) >= 11 is 2.82. The molecule has 0 fully saturated rings. The second kappa shape index (κ2) is 11.5. The molecule has 1 amide bonds. The van der Waals surface area contributed by atoms with Crippen molar-refractivity contribution in [1.29, 1.82) is 0 Å². The zero-order chi connectivity index (χ0) is 26.5. The van der Waals surface area contributed by atoms with Crippen molar-refractivity contribution < 1.29 is 19.1 Å². The predicted molar refractivity (Wildman–Crippen MR) is 152 cm³/mol. The number of amides is 1. The number of rotatable bonds is 9. The van der Waals surface area contributed by atoms with Gasteiger partial charge in [0.25, 0.3) is 5.91 Å². The van der Waals surface area contributed by atoms with Gasteiger partial charge in [0.2, 0.25) is 0 Å². The zero-order valence-corrected chi connectivity index (χ0v) is 22.5. The smallest absolute Gasteiger partial charge is 0.339 e. The van der Waals surface area contributed by atoms with Crippen LogP contribution in [0.3, 0.4) is 0 Å². The number of aromatic nitrogens is 2. The van der Waals surface area contributed by atoms with E-state index in [1.165, 1.54) is 22.7 Å². The molecule has 0 aliphatic rings. The van der Waals surface area contributed by atoms with E-state index in [0.717, 1.165) is 32.2 Å². The number of anilines is 1. The number of carbonyl (C=O) groups is 2. The van der Waals surface area contributed by atoms with Crippen LogP contribution >= 0.6 is 22.7 Å². The van der Waals surface area contributed by atoms with Gasteiger partial charge < -0.3 is 9.47 Å². The monoisotopic (exact) mass is 543 g/mol. The minimum Gasteiger partial charge on any atom is -0.494 e. The van der Waals surface area contributed by atoms with Crippen LogP contribution < -0.4 is 10.1 Å². The summed E-state index contributed by atoms with van der Waals surface area (Å²) in [6.45, 7) is 4.33. The average Bonchev–Trinajstić information content (AvgIpc) is 3.59. The molecule has 5 aromatic rings. The maximum Gasteiger partial charge on any atom is 0.339 e. The summed E-state index contributed by atoms with van der Waals surface area (Å²) in [5.41, 5.74) is 3.56. The van der Waals surface area contributed by atoms with Crippen LogP contribution in [0.25, 0.3) is 32.0 Å². The first-order valence-corrected chi connectivity index (χ1v) is 13.9.